The zero-order valence-electron chi connectivity index (χ0n) is 13.0. The number of nitrogens with zero attached hydrogens (tertiary/aromatic N) is 2. The van der Waals surface area contributed by atoms with Crippen LogP contribution in [0, 0.1) is 0 Å². The molecule has 0 atom stereocenters. The third kappa shape index (κ3) is 2.89. The second-order valence-corrected chi connectivity index (χ2v) is 5.85. The van der Waals surface area contributed by atoms with Gasteiger partial charge in [-0.15, -0.1) is 0 Å². The van der Waals surface area contributed by atoms with Crippen molar-refractivity contribution in [3.63, 3.8) is 0 Å². The van der Waals surface area contributed by atoms with E-state index in [4.69, 9.17) is 0 Å². The van der Waals surface area contributed by atoms with Gasteiger partial charge in [-0.25, -0.2) is 0 Å². The van der Waals surface area contributed by atoms with Crippen molar-refractivity contribution in [2.75, 3.05) is 33.2 Å². The minimum atomic E-state index is -4.58. The van der Waals surface area contributed by atoms with Gasteiger partial charge in [-0.2, -0.15) is 13.2 Å². The maximum Gasteiger partial charge on any atom is 0.418 e. The summed E-state index contributed by atoms with van der Waals surface area (Å²) in [7, 11) is 1.93. The number of aromatic nitrogens is 1. The summed E-state index contributed by atoms with van der Waals surface area (Å²) in [4.78, 5) is 31.1. The Hall–Kier alpha value is -2.35. The predicted molar refractivity (Wildman–Crippen MR) is 83.0 cm³/mol. The molecule has 0 saturated carbocycles. The number of nitrogens with one attached hydrogen (secondary N) is 1. The number of benzene rings is 1. The van der Waals surface area contributed by atoms with Crippen molar-refractivity contribution in [2.45, 2.75) is 6.18 Å². The van der Waals surface area contributed by atoms with Crippen LogP contribution in [0.3, 0.4) is 0 Å². The van der Waals surface area contributed by atoms with Gasteiger partial charge in [-0.1, -0.05) is 6.07 Å². The van der Waals surface area contributed by atoms with Crippen LogP contribution in [0.25, 0.3) is 10.9 Å². The van der Waals surface area contributed by atoms with Crippen molar-refractivity contribution in [3.05, 3.63) is 45.7 Å². The number of H-pyrrole nitrogens is 1. The quantitative estimate of drug-likeness (QED) is 0.864. The average Bonchev–Trinajstić information content (AvgIpc) is 2.54. The van der Waals surface area contributed by atoms with Crippen LogP contribution in [0.5, 0.6) is 0 Å². The molecule has 0 spiro atoms. The normalized spacial score (nSPS) is 16.6. The third-order valence-corrected chi connectivity index (χ3v) is 4.24. The van der Waals surface area contributed by atoms with Crippen LogP contribution in [0.2, 0.25) is 0 Å². The molecule has 3 rings (SSSR count). The SMILES string of the molecule is CN1CCN(C(=O)c2c[nH]c3c(C(F)(F)F)cccc3c2=O)CC1. The molecule has 1 fully saturated rings. The molecule has 2 heterocycles. The second kappa shape index (κ2) is 5.94. The zero-order valence-corrected chi connectivity index (χ0v) is 13.0. The summed E-state index contributed by atoms with van der Waals surface area (Å²) in [5, 5.41) is -0.134. The van der Waals surface area contributed by atoms with E-state index in [1.807, 2.05) is 7.05 Å². The number of carbonyl (C=O) groups is 1. The molecule has 1 saturated heterocycles. The predicted octanol–water partition coefficient (Wildman–Crippen LogP) is 1.93. The summed E-state index contributed by atoms with van der Waals surface area (Å²) in [6, 6.07) is 3.37. The number of piperazine rings is 1. The molecule has 2 aromatic rings. The van der Waals surface area contributed by atoms with Gasteiger partial charge < -0.3 is 14.8 Å². The van der Waals surface area contributed by atoms with Crippen molar-refractivity contribution in [3.8, 4) is 0 Å². The van der Waals surface area contributed by atoms with Crippen LogP contribution >= 0.6 is 0 Å². The second-order valence-electron chi connectivity index (χ2n) is 5.85. The van der Waals surface area contributed by atoms with Crippen molar-refractivity contribution >= 4 is 16.8 Å². The van der Waals surface area contributed by atoms with Crippen LogP contribution in [-0.4, -0.2) is 53.9 Å². The first-order valence-electron chi connectivity index (χ1n) is 7.48. The van der Waals surface area contributed by atoms with Gasteiger partial charge in [0.1, 0.15) is 5.56 Å². The van der Waals surface area contributed by atoms with Crippen LogP contribution in [-0.2, 0) is 6.18 Å². The van der Waals surface area contributed by atoms with Crippen LogP contribution in [0.15, 0.2) is 29.2 Å². The van der Waals surface area contributed by atoms with Crippen LogP contribution in [0.1, 0.15) is 15.9 Å². The maximum atomic E-state index is 13.0. The lowest BCUT2D eigenvalue weighted by Gasteiger charge is -2.32. The Kier molecular flexibility index (Phi) is 4.08. The van der Waals surface area contributed by atoms with E-state index in [-0.39, 0.29) is 16.5 Å². The summed E-state index contributed by atoms with van der Waals surface area (Å²) in [6.45, 7) is 2.34. The number of pyridine rings is 1. The van der Waals surface area contributed by atoms with E-state index in [2.05, 4.69) is 9.88 Å². The van der Waals surface area contributed by atoms with E-state index in [0.717, 1.165) is 12.3 Å². The van der Waals surface area contributed by atoms with Gasteiger partial charge >= 0.3 is 6.18 Å². The minimum Gasteiger partial charge on any atom is -0.360 e. The fraction of sp³-hybridized carbons (Fsp3) is 0.375. The summed E-state index contributed by atoms with van der Waals surface area (Å²) < 4.78 is 39.1. The molecule has 0 bridgehead atoms. The number of hydrogen-bond donors (Lipinski definition) is 1. The lowest BCUT2D eigenvalue weighted by molar-refractivity contribution is -0.136. The Morgan fingerprint density at radius 3 is 2.46 bits per heavy atom. The molecular formula is C16H16F3N3O2. The molecule has 8 heteroatoms. The lowest BCUT2D eigenvalue weighted by Crippen LogP contribution is -2.48. The molecule has 1 aliphatic rings. The zero-order chi connectivity index (χ0) is 17.5. The van der Waals surface area contributed by atoms with Gasteiger partial charge in [-0.3, -0.25) is 9.59 Å². The van der Waals surface area contributed by atoms with Crippen molar-refractivity contribution in [2.24, 2.45) is 0 Å². The minimum absolute atomic E-state index is 0.133. The average molecular weight is 339 g/mol. The number of hydrogen-bond acceptors (Lipinski definition) is 3. The number of carbonyl (C=O) groups excluding carboxylic acids is 1. The standard InChI is InChI=1S/C16H16F3N3O2/c1-21-5-7-22(8-6-21)15(24)11-9-20-13-10(14(11)23)3-2-4-12(13)16(17,18)19/h2-4,9H,5-8H2,1H3,(H,20,23). The molecule has 1 amide bonds. The molecule has 0 unspecified atom stereocenters. The third-order valence-electron chi connectivity index (χ3n) is 4.24. The molecule has 1 N–H and O–H groups in total. The molecular weight excluding hydrogens is 323 g/mol. The van der Waals surface area contributed by atoms with Gasteiger partial charge in [0.15, 0.2) is 0 Å². The number of rotatable bonds is 1. The highest BCUT2D eigenvalue weighted by molar-refractivity contribution is 5.97. The number of para-hydroxylation sites is 1. The number of amides is 1. The van der Waals surface area contributed by atoms with E-state index in [1.54, 1.807) is 4.90 Å². The molecule has 128 valence electrons. The number of fused-ring (bicyclic) bond motifs is 1. The fourth-order valence-electron chi connectivity index (χ4n) is 2.83. The van der Waals surface area contributed by atoms with E-state index in [1.165, 1.54) is 12.1 Å². The lowest BCUT2D eigenvalue weighted by atomic mass is 10.1. The molecule has 0 aliphatic carbocycles. The Bertz CT molecular complexity index is 837. The van der Waals surface area contributed by atoms with Gasteiger partial charge in [0.05, 0.1) is 11.1 Å². The number of alkyl halides is 3. The first-order chi connectivity index (χ1) is 11.3. The van der Waals surface area contributed by atoms with E-state index >= 15 is 0 Å². The first kappa shape index (κ1) is 16.5. The van der Waals surface area contributed by atoms with Crippen LogP contribution < -0.4 is 5.43 Å². The highest BCUT2D eigenvalue weighted by atomic mass is 19.4. The number of likely N-dealkylation sites (N-methyl/N-ethyl adjacent to an activating group) is 1. The van der Waals surface area contributed by atoms with Crippen molar-refractivity contribution < 1.29 is 18.0 Å². The molecule has 1 aromatic heterocycles. The smallest absolute Gasteiger partial charge is 0.360 e. The summed E-state index contributed by atoms with van der Waals surface area (Å²) in [6.07, 6.45) is -3.49. The molecule has 1 aromatic carbocycles. The van der Waals surface area contributed by atoms with Gasteiger partial charge in [-0.05, 0) is 19.2 Å². The Balaban J connectivity index is 2.04. The molecule has 0 radical (unpaired) electrons. The van der Waals surface area contributed by atoms with Crippen molar-refractivity contribution in [1.82, 2.24) is 14.8 Å². The summed E-state index contributed by atoms with van der Waals surface area (Å²) in [5.74, 6) is -0.455. The highest BCUT2D eigenvalue weighted by Gasteiger charge is 2.33. The Labute approximate surface area is 135 Å². The topological polar surface area (TPSA) is 56.4 Å². The van der Waals surface area contributed by atoms with Crippen LogP contribution in [0.4, 0.5) is 13.2 Å². The number of halogens is 3. The molecule has 5 nitrogen and oxygen atoms in total. The maximum absolute atomic E-state index is 13.0. The monoisotopic (exact) mass is 339 g/mol. The Morgan fingerprint density at radius 2 is 1.83 bits per heavy atom. The first-order valence-corrected chi connectivity index (χ1v) is 7.48. The highest BCUT2D eigenvalue weighted by Crippen LogP contribution is 2.33. The Morgan fingerprint density at radius 1 is 1.17 bits per heavy atom. The fourth-order valence-corrected chi connectivity index (χ4v) is 2.83. The largest absolute Gasteiger partial charge is 0.418 e. The summed E-state index contributed by atoms with van der Waals surface area (Å²) in [5.41, 5.74) is -2.04. The number of aromatic amines is 1. The van der Waals surface area contributed by atoms with E-state index in [9.17, 15) is 22.8 Å². The van der Waals surface area contributed by atoms with Gasteiger partial charge in [0, 0.05) is 37.8 Å². The molecule has 24 heavy (non-hydrogen) atoms. The van der Waals surface area contributed by atoms with Gasteiger partial charge in [0.2, 0.25) is 5.43 Å². The molecule has 1 aliphatic heterocycles. The summed E-state index contributed by atoms with van der Waals surface area (Å²) >= 11 is 0. The van der Waals surface area contributed by atoms with Gasteiger partial charge in [0.25, 0.3) is 5.91 Å². The van der Waals surface area contributed by atoms with E-state index in [0.29, 0.717) is 26.2 Å². The van der Waals surface area contributed by atoms with E-state index < -0.39 is 23.1 Å². The van der Waals surface area contributed by atoms with Crippen molar-refractivity contribution in [1.29, 1.82) is 0 Å².